The number of amides is 1. The Labute approximate surface area is 121 Å². The molecule has 1 N–H and O–H groups in total. The molecule has 1 saturated heterocycles. The van der Waals surface area contributed by atoms with Crippen LogP contribution in [-0.2, 0) is 18.8 Å². The maximum Gasteiger partial charge on any atom is 0.325 e. The minimum Gasteiger partial charge on any atom is -0.468 e. The Morgan fingerprint density at radius 2 is 2.00 bits per heavy atom. The molecule has 1 aliphatic rings. The smallest absolute Gasteiger partial charge is 0.325 e. The van der Waals surface area contributed by atoms with Crippen molar-refractivity contribution < 1.29 is 23.9 Å². The van der Waals surface area contributed by atoms with Gasteiger partial charge in [-0.3, -0.25) is 9.59 Å². The lowest BCUT2D eigenvalue weighted by Crippen LogP contribution is -2.47. The van der Waals surface area contributed by atoms with E-state index in [2.05, 4.69) is 38.6 Å². The Hall–Kier alpha value is -0.923. The van der Waals surface area contributed by atoms with Crippen molar-refractivity contribution in [2.45, 2.75) is 51.1 Å². The van der Waals surface area contributed by atoms with E-state index in [1.165, 1.54) is 12.0 Å². The Morgan fingerprint density at radius 1 is 1.45 bits per heavy atom. The molecule has 0 aromatic carbocycles. The number of likely N-dealkylation sites (tertiary alicyclic amines) is 1. The van der Waals surface area contributed by atoms with Crippen molar-refractivity contribution in [2.75, 3.05) is 20.2 Å². The maximum absolute atomic E-state index is 11.9. The van der Waals surface area contributed by atoms with Crippen LogP contribution in [0.5, 0.6) is 0 Å². The van der Waals surface area contributed by atoms with Crippen molar-refractivity contribution in [1.82, 2.24) is 4.90 Å². The van der Waals surface area contributed by atoms with Gasteiger partial charge in [0.1, 0.15) is 6.54 Å². The molecule has 1 aliphatic heterocycles. The van der Waals surface area contributed by atoms with Gasteiger partial charge in [0.2, 0.25) is 0 Å². The summed E-state index contributed by atoms with van der Waals surface area (Å²) in [5.74, 6) is -0.974. The minimum absolute atomic E-state index is 0.00840. The highest BCUT2D eigenvalue weighted by Crippen LogP contribution is 2.38. The van der Waals surface area contributed by atoms with Crippen molar-refractivity contribution >= 4 is 20.2 Å². The lowest BCUT2D eigenvalue weighted by molar-refractivity contribution is -0.147. The normalized spacial score (nSPS) is 24.1. The van der Waals surface area contributed by atoms with E-state index in [1.807, 2.05) is 0 Å². The third-order valence-electron chi connectivity index (χ3n) is 4.12. The molecule has 6 nitrogen and oxygen atoms in total. The van der Waals surface area contributed by atoms with Crippen LogP contribution in [-0.4, -0.2) is 62.6 Å². The van der Waals surface area contributed by atoms with Crippen LogP contribution in [0, 0.1) is 0 Å². The highest BCUT2D eigenvalue weighted by Gasteiger charge is 2.46. The van der Waals surface area contributed by atoms with Gasteiger partial charge in [0.25, 0.3) is 5.91 Å². The molecule has 0 radical (unpaired) electrons. The number of aliphatic hydroxyl groups is 1. The number of esters is 1. The number of nitrogens with zero attached hydrogens (tertiary/aromatic N) is 1. The molecule has 1 fully saturated rings. The Balaban J connectivity index is 2.75. The largest absolute Gasteiger partial charge is 0.468 e. The SMILES string of the molecule is COC(=O)CN1C[C@H](O[Si](C)(C)C(C)(C)C)[C@@H](O)C1=O. The van der Waals surface area contributed by atoms with Crippen molar-refractivity contribution in [3.05, 3.63) is 0 Å². The number of ether oxygens (including phenoxy) is 1. The van der Waals surface area contributed by atoms with Gasteiger partial charge in [-0.05, 0) is 18.1 Å². The zero-order valence-electron chi connectivity index (χ0n) is 13.1. The fraction of sp³-hybridized carbons (Fsp3) is 0.846. The van der Waals surface area contributed by atoms with Crippen LogP contribution < -0.4 is 0 Å². The highest BCUT2D eigenvalue weighted by atomic mass is 28.4. The minimum atomic E-state index is -2.07. The Bertz CT molecular complexity index is 391. The van der Waals surface area contributed by atoms with Crippen LogP contribution in [0.2, 0.25) is 18.1 Å². The summed E-state index contributed by atoms with van der Waals surface area (Å²) in [5.41, 5.74) is 0. The van der Waals surface area contributed by atoms with Crippen LogP contribution in [0.25, 0.3) is 0 Å². The lowest BCUT2D eigenvalue weighted by atomic mass is 10.2. The highest BCUT2D eigenvalue weighted by molar-refractivity contribution is 6.74. The molecule has 1 heterocycles. The summed E-state index contributed by atoms with van der Waals surface area (Å²) in [6.07, 6.45) is -1.78. The second kappa shape index (κ2) is 5.83. The standard InChI is InChI=1S/C13H25NO5Si/c1-13(2,3)20(5,6)19-9-7-14(8-10(15)18-4)12(17)11(9)16/h9,11,16H,7-8H2,1-6H3/t9-,11+/m0/s1. The first kappa shape index (κ1) is 17.1. The van der Waals surface area contributed by atoms with E-state index in [-0.39, 0.29) is 18.1 Å². The Kier molecular flexibility index (Phi) is 4.99. The first-order chi connectivity index (χ1) is 8.99. The number of carbonyl (C=O) groups excluding carboxylic acids is 2. The molecular formula is C13H25NO5Si. The quantitative estimate of drug-likeness (QED) is 0.613. The summed E-state index contributed by atoms with van der Waals surface area (Å²) in [6, 6.07) is 0. The van der Waals surface area contributed by atoms with Crippen LogP contribution in [0.3, 0.4) is 0 Å². The molecule has 0 unspecified atom stereocenters. The molecule has 20 heavy (non-hydrogen) atoms. The van der Waals surface area contributed by atoms with Crippen molar-refractivity contribution in [3.63, 3.8) is 0 Å². The van der Waals surface area contributed by atoms with E-state index in [1.54, 1.807) is 0 Å². The summed E-state index contributed by atoms with van der Waals surface area (Å²) >= 11 is 0. The maximum atomic E-state index is 11.9. The van der Waals surface area contributed by atoms with Crippen molar-refractivity contribution in [1.29, 1.82) is 0 Å². The summed E-state index contributed by atoms with van der Waals surface area (Å²) in [5, 5.41) is 9.99. The van der Waals surface area contributed by atoms with E-state index in [4.69, 9.17) is 4.43 Å². The number of carbonyl (C=O) groups is 2. The summed E-state index contributed by atoms with van der Waals surface area (Å²) in [4.78, 5) is 24.4. The second-order valence-corrected chi connectivity index (χ2v) is 11.4. The molecule has 2 atom stereocenters. The van der Waals surface area contributed by atoms with Gasteiger partial charge in [0.15, 0.2) is 14.4 Å². The molecule has 0 aromatic heterocycles. The molecule has 1 rings (SSSR count). The van der Waals surface area contributed by atoms with Gasteiger partial charge in [-0.2, -0.15) is 0 Å². The summed E-state index contributed by atoms with van der Waals surface area (Å²) in [6.45, 7) is 10.5. The average Bonchev–Trinajstić information content (AvgIpc) is 2.55. The third kappa shape index (κ3) is 3.59. The first-order valence-electron chi connectivity index (χ1n) is 6.71. The van der Waals surface area contributed by atoms with E-state index in [9.17, 15) is 14.7 Å². The molecule has 0 aromatic rings. The molecule has 0 bridgehead atoms. The number of hydrogen-bond acceptors (Lipinski definition) is 5. The summed E-state index contributed by atoms with van der Waals surface area (Å²) < 4.78 is 10.6. The van der Waals surface area contributed by atoms with Gasteiger partial charge >= 0.3 is 5.97 Å². The number of aliphatic hydroxyl groups excluding tert-OH is 1. The van der Waals surface area contributed by atoms with Crippen LogP contribution >= 0.6 is 0 Å². The third-order valence-corrected chi connectivity index (χ3v) is 8.62. The molecule has 0 aliphatic carbocycles. The van der Waals surface area contributed by atoms with Crippen LogP contribution in [0.15, 0.2) is 0 Å². The topological polar surface area (TPSA) is 76.1 Å². The van der Waals surface area contributed by atoms with E-state index in [0.717, 1.165) is 0 Å². The summed E-state index contributed by atoms with van der Waals surface area (Å²) in [7, 11) is -0.807. The zero-order valence-corrected chi connectivity index (χ0v) is 14.1. The molecule has 0 saturated carbocycles. The predicted octanol–water partition coefficient (Wildman–Crippen LogP) is 0.753. The van der Waals surface area contributed by atoms with Crippen LogP contribution in [0.4, 0.5) is 0 Å². The van der Waals surface area contributed by atoms with Crippen molar-refractivity contribution in [2.24, 2.45) is 0 Å². The van der Waals surface area contributed by atoms with Gasteiger partial charge in [-0.15, -0.1) is 0 Å². The van der Waals surface area contributed by atoms with Gasteiger partial charge in [-0.1, -0.05) is 20.8 Å². The Morgan fingerprint density at radius 3 is 2.45 bits per heavy atom. The second-order valence-electron chi connectivity index (χ2n) is 6.66. The number of hydrogen-bond donors (Lipinski definition) is 1. The van der Waals surface area contributed by atoms with Gasteiger partial charge in [0.05, 0.1) is 13.2 Å². The molecule has 1 amide bonds. The van der Waals surface area contributed by atoms with Gasteiger partial charge < -0.3 is 19.2 Å². The van der Waals surface area contributed by atoms with Gasteiger partial charge in [-0.25, -0.2) is 0 Å². The predicted molar refractivity (Wildman–Crippen MR) is 76.7 cm³/mol. The molecule has 116 valence electrons. The zero-order chi connectivity index (χ0) is 15.7. The fourth-order valence-electron chi connectivity index (χ4n) is 1.77. The molecule has 0 spiro atoms. The fourth-order valence-corrected chi connectivity index (χ4v) is 3.09. The first-order valence-corrected chi connectivity index (χ1v) is 9.62. The monoisotopic (exact) mass is 303 g/mol. The van der Waals surface area contributed by atoms with Crippen LogP contribution in [0.1, 0.15) is 20.8 Å². The molecular weight excluding hydrogens is 278 g/mol. The van der Waals surface area contributed by atoms with Gasteiger partial charge in [0, 0.05) is 6.54 Å². The number of methoxy groups -OCH3 is 1. The van der Waals surface area contributed by atoms with E-state index >= 15 is 0 Å². The lowest BCUT2D eigenvalue weighted by Gasteiger charge is -2.38. The number of rotatable bonds is 4. The van der Waals surface area contributed by atoms with E-state index in [0.29, 0.717) is 0 Å². The van der Waals surface area contributed by atoms with Crippen molar-refractivity contribution in [3.8, 4) is 0 Å². The molecule has 7 heteroatoms. The average molecular weight is 303 g/mol. The van der Waals surface area contributed by atoms with E-state index < -0.39 is 32.4 Å².